The van der Waals surface area contributed by atoms with Crippen LogP contribution in [-0.2, 0) is 11.0 Å². The Hall–Kier alpha value is -3.38. The van der Waals surface area contributed by atoms with Crippen molar-refractivity contribution < 1.29 is 22.8 Å². The van der Waals surface area contributed by atoms with E-state index in [4.69, 9.17) is 0 Å². The van der Waals surface area contributed by atoms with E-state index < -0.39 is 17.6 Å². The monoisotopic (exact) mass is 477 g/mol. The number of carbonyl (C=O) groups excluding carboxylic acids is 2. The molecule has 0 radical (unpaired) electrons. The summed E-state index contributed by atoms with van der Waals surface area (Å²) in [4.78, 5) is 35.7. The first-order valence-electron chi connectivity index (χ1n) is 9.09. The van der Waals surface area contributed by atoms with E-state index in [1.165, 1.54) is 23.1 Å². The highest BCUT2D eigenvalue weighted by atomic mass is 32.2. The molecule has 4 aromatic rings. The maximum atomic E-state index is 12.7. The topological polar surface area (TPSA) is 99.8 Å². The van der Waals surface area contributed by atoms with Gasteiger partial charge in [0.2, 0.25) is 5.91 Å². The van der Waals surface area contributed by atoms with E-state index in [0.29, 0.717) is 21.5 Å². The smallest absolute Gasteiger partial charge is 0.340 e. The second-order valence-corrected chi connectivity index (χ2v) is 8.46. The Balaban J connectivity index is 1.40. The summed E-state index contributed by atoms with van der Waals surface area (Å²) in [5, 5.41) is 6.31. The van der Waals surface area contributed by atoms with E-state index in [1.807, 2.05) is 0 Å². The lowest BCUT2D eigenvalue weighted by atomic mass is 10.1. The lowest BCUT2D eigenvalue weighted by Gasteiger charge is -2.07. The van der Waals surface area contributed by atoms with Gasteiger partial charge in [0.15, 0.2) is 10.3 Å². The lowest BCUT2D eigenvalue weighted by Crippen LogP contribution is -2.13. The first-order valence-corrected chi connectivity index (χ1v) is 10.9. The summed E-state index contributed by atoms with van der Waals surface area (Å²) in [7, 11) is 0. The average molecular weight is 477 g/mol. The van der Waals surface area contributed by atoms with Crippen LogP contribution >= 0.6 is 23.1 Å². The molecule has 0 aliphatic heterocycles. The number of hydrogen-bond acceptors (Lipinski definition) is 6. The van der Waals surface area contributed by atoms with Gasteiger partial charge in [-0.15, -0.1) is 0 Å². The zero-order valence-corrected chi connectivity index (χ0v) is 17.7. The molecule has 0 aliphatic carbocycles. The Bertz CT molecular complexity index is 1250. The van der Waals surface area contributed by atoms with Crippen molar-refractivity contribution in [3.8, 4) is 0 Å². The normalized spacial score (nSPS) is 11.5. The molecule has 3 N–H and O–H groups in total. The lowest BCUT2D eigenvalue weighted by molar-refractivity contribution is -0.137. The molecule has 2 aromatic carbocycles. The Morgan fingerprint density at radius 1 is 1.09 bits per heavy atom. The van der Waals surface area contributed by atoms with Crippen molar-refractivity contribution in [2.45, 2.75) is 11.3 Å². The zero-order chi connectivity index (χ0) is 22.7. The molecule has 4 rings (SSSR count). The van der Waals surface area contributed by atoms with Crippen molar-refractivity contribution >= 4 is 55.9 Å². The number of nitrogens with zero attached hydrogens (tertiary/aromatic N) is 2. The first-order chi connectivity index (χ1) is 15.3. The van der Waals surface area contributed by atoms with Crippen LogP contribution in [0.2, 0.25) is 0 Å². The minimum atomic E-state index is -4.47. The summed E-state index contributed by atoms with van der Waals surface area (Å²) in [5.41, 5.74) is 0.443. The van der Waals surface area contributed by atoms with Crippen molar-refractivity contribution in [1.82, 2.24) is 15.0 Å². The van der Waals surface area contributed by atoms with Gasteiger partial charge in [-0.1, -0.05) is 23.1 Å². The number of alkyl halides is 3. The number of thioether (sulfide) groups is 1. The summed E-state index contributed by atoms with van der Waals surface area (Å²) >= 11 is 2.46. The summed E-state index contributed by atoms with van der Waals surface area (Å²) < 4.78 is 38.7. The fourth-order valence-electron chi connectivity index (χ4n) is 2.70. The largest absolute Gasteiger partial charge is 0.416 e. The molecular weight excluding hydrogens is 463 g/mol. The highest BCUT2D eigenvalue weighted by molar-refractivity contribution is 7.99. The Morgan fingerprint density at radius 2 is 1.88 bits per heavy atom. The third-order valence-corrected chi connectivity index (χ3v) is 6.02. The third kappa shape index (κ3) is 5.26. The van der Waals surface area contributed by atoms with Gasteiger partial charge in [0.05, 0.1) is 21.5 Å². The number of H-pyrrole nitrogens is 1. The minimum Gasteiger partial charge on any atom is -0.340 e. The average Bonchev–Trinajstić information content (AvgIpc) is 3.40. The number of fused-ring (bicyclic) bond motifs is 1. The van der Waals surface area contributed by atoms with Crippen LogP contribution in [0.15, 0.2) is 60.0 Å². The maximum absolute atomic E-state index is 12.7. The van der Waals surface area contributed by atoms with Crippen LogP contribution < -0.4 is 10.6 Å². The highest BCUT2D eigenvalue weighted by Gasteiger charge is 2.30. The predicted octanol–water partition coefficient (Wildman–Crippen LogP) is 5.02. The predicted molar refractivity (Wildman–Crippen MR) is 117 cm³/mol. The molecule has 2 amide bonds. The number of nitrogens with one attached hydrogen (secondary N) is 3. The van der Waals surface area contributed by atoms with E-state index in [9.17, 15) is 22.8 Å². The second kappa shape index (κ2) is 9.01. The van der Waals surface area contributed by atoms with Crippen molar-refractivity contribution in [1.29, 1.82) is 0 Å². The van der Waals surface area contributed by atoms with Crippen LogP contribution in [0, 0.1) is 0 Å². The van der Waals surface area contributed by atoms with Gasteiger partial charge in [0.1, 0.15) is 0 Å². The molecule has 0 fully saturated rings. The Morgan fingerprint density at radius 3 is 2.56 bits per heavy atom. The molecule has 0 atom stereocenters. The number of imidazole rings is 1. The number of halogens is 3. The van der Waals surface area contributed by atoms with Gasteiger partial charge in [-0.05, 0) is 42.5 Å². The molecule has 0 bridgehead atoms. The first kappa shape index (κ1) is 21.8. The summed E-state index contributed by atoms with van der Waals surface area (Å²) in [6, 6.07) is 9.06. The van der Waals surface area contributed by atoms with Gasteiger partial charge in [-0.3, -0.25) is 14.9 Å². The Labute approximate surface area is 187 Å². The molecule has 2 aromatic heterocycles. The van der Waals surface area contributed by atoms with Crippen molar-refractivity contribution in [3.05, 3.63) is 66.0 Å². The number of rotatable bonds is 6. The maximum Gasteiger partial charge on any atom is 0.416 e. The highest BCUT2D eigenvalue weighted by Crippen LogP contribution is 2.30. The third-order valence-electron chi connectivity index (χ3n) is 4.18. The second-order valence-electron chi connectivity index (χ2n) is 6.46. The fourth-order valence-corrected chi connectivity index (χ4v) is 4.22. The summed E-state index contributed by atoms with van der Waals surface area (Å²) in [5.74, 6) is -0.588. The number of anilines is 2. The standard InChI is InChI=1S/C20H14F3N5O2S2/c21-20(22,23)12-3-1-11(2-4-12)17(30)28-19-27-14-6-5-13(9-15(14)32-19)26-16(29)10-31-18-24-7-8-25-18/h1-9H,10H2,(H,24,25)(H,26,29)(H,27,28,30). The quantitative estimate of drug-likeness (QED) is 0.339. The molecule has 0 spiro atoms. The molecule has 7 nitrogen and oxygen atoms in total. The van der Waals surface area contributed by atoms with Gasteiger partial charge in [0, 0.05) is 23.6 Å². The van der Waals surface area contributed by atoms with Crippen LogP contribution in [-0.4, -0.2) is 32.5 Å². The Kier molecular flexibility index (Phi) is 6.15. The van der Waals surface area contributed by atoms with Gasteiger partial charge >= 0.3 is 6.18 Å². The van der Waals surface area contributed by atoms with Crippen molar-refractivity contribution in [3.63, 3.8) is 0 Å². The number of aromatic amines is 1. The zero-order valence-electron chi connectivity index (χ0n) is 16.1. The molecule has 0 unspecified atom stereocenters. The number of aromatic nitrogens is 3. The van der Waals surface area contributed by atoms with Crippen molar-refractivity contribution in [2.75, 3.05) is 16.4 Å². The van der Waals surface area contributed by atoms with Gasteiger partial charge in [0.25, 0.3) is 5.91 Å². The minimum absolute atomic E-state index is 0.0827. The van der Waals surface area contributed by atoms with E-state index in [1.54, 1.807) is 30.6 Å². The van der Waals surface area contributed by atoms with Crippen LogP contribution in [0.3, 0.4) is 0 Å². The number of benzene rings is 2. The molecular formula is C20H14F3N5O2S2. The summed E-state index contributed by atoms with van der Waals surface area (Å²) in [6.07, 6.45) is -1.19. The van der Waals surface area contributed by atoms with Crippen LogP contribution in [0.25, 0.3) is 10.2 Å². The molecule has 0 aliphatic rings. The van der Waals surface area contributed by atoms with Gasteiger partial charge < -0.3 is 10.3 Å². The number of hydrogen-bond donors (Lipinski definition) is 3. The molecule has 12 heteroatoms. The van der Waals surface area contributed by atoms with E-state index in [-0.39, 0.29) is 17.2 Å². The molecule has 0 saturated carbocycles. The molecule has 0 saturated heterocycles. The molecule has 2 heterocycles. The fraction of sp³-hybridized carbons (Fsp3) is 0.100. The van der Waals surface area contributed by atoms with Crippen LogP contribution in [0.1, 0.15) is 15.9 Å². The molecule has 32 heavy (non-hydrogen) atoms. The van der Waals surface area contributed by atoms with Crippen LogP contribution in [0.4, 0.5) is 24.0 Å². The van der Waals surface area contributed by atoms with E-state index in [0.717, 1.165) is 29.0 Å². The van der Waals surface area contributed by atoms with Crippen LogP contribution in [0.5, 0.6) is 0 Å². The van der Waals surface area contributed by atoms with Gasteiger partial charge in [-0.25, -0.2) is 9.97 Å². The number of carbonyl (C=O) groups is 2. The number of thiazole rings is 1. The summed E-state index contributed by atoms with van der Waals surface area (Å²) in [6.45, 7) is 0. The SMILES string of the molecule is O=C(CSc1ncc[nH]1)Nc1ccc2nc(NC(=O)c3ccc(C(F)(F)F)cc3)sc2c1. The van der Waals surface area contributed by atoms with Crippen molar-refractivity contribution in [2.24, 2.45) is 0 Å². The van der Waals surface area contributed by atoms with E-state index in [2.05, 4.69) is 25.6 Å². The van der Waals surface area contributed by atoms with Gasteiger partial charge in [-0.2, -0.15) is 13.2 Å². The van der Waals surface area contributed by atoms with E-state index >= 15 is 0 Å². The number of amides is 2. The molecule has 164 valence electrons.